The van der Waals surface area contributed by atoms with Crippen molar-refractivity contribution in [3.05, 3.63) is 12.2 Å². The van der Waals surface area contributed by atoms with Gasteiger partial charge in [-0.25, -0.2) is 0 Å². The van der Waals surface area contributed by atoms with Crippen LogP contribution in [-0.4, -0.2) is 17.2 Å². The number of rotatable bonds is 0. The van der Waals surface area contributed by atoms with Crippen molar-refractivity contribution in [2.75, 3.05) is 11.5 Å². The van der Waals surface area contributed by atoms with Crippen molar-refractivity contribution in [3.63, 3.8) is 0 Å². The molecule has 0 unspecified atom stereocenters. The third kappa shape index (κ3) is 2.70. The van der Waals surface area contributed by atoms with Crippen molar-refractivity contribution in [1.29, 1.82) is 5.41 Å². The van der Waals surface area contributed by atoms with E-state index >= 15 is 0 Å². The standard InChI is InChI=1S/C5H7NS.C2H6/c1-4-2-7-3-5(4)6;1-2/h6H,1-3H2;1-2H3. The molecule has 1 aliphatic heterocycles. The van der Waals surface area contributed by atoms with Crippen LogP contribution in [0.2, 0.25) is 0 Å². The molecule has 1 heterocycles. The van der Waals surface area contributed by atoms with Crippen LogP contribution >= 0.6 is 11.8 Å². The van der Waals surface area contributed by atoms with Crippen molar-refractivity contribution >= 4 is 17.5 Å². The van der Waals surface area contributed by atoms with Gasteiger partial charge in [0.05, 0.1) is 0 Å². The van der Waals surface area contributed by atoms with Gasteiger partial charge in [-0.1, -0.05) is 20.4 Å². The minimum Gasteiger partial charge on any atom is -0.304 e. The van der Waals surface area contributed by atoms with Gasteiger partial charge in [0.15, 0.2) is 0 Å². The molecule has 9 heavy (non-hydrogen) atoms. The van der Waals surface area contributed by atoms with E-state index in [1.165, 1.54) is 0 Å². The zero-order chi connectivity index (χ0) is 7.28. The van der Waals surface area contributed by atoms with Gasteiger partial charge in [-0.05, 0) is 5.57 Å². The molecule has 0 bridgehead atoms. The Morgan fingerprint density at radius 3 is 2.11 bits per heavy atom. The first-order chi connectivity index (χ1) is 4.30. The van der Waals surface area contributed by atoms with E-state index in [9.17, 15) is 0 Å². The summed E-state index contributed by atoms with van der Waals surface area (Å²) in [5, 5.41) is 7.13. The van der Waals surface area contributed by atoms with Crippen LogP contribution in [-0.2, 0) is 0 Å². The van der Waals surface area contributed by atoms with Crippen molar-refractivity contribution in [2.24, 2.45) is 0 Å². The largest absolute Gasteiger partial charge is 0.304 e. The van der Waals surface area contributed by atoms with E-state index in [0.717, 1.165) is 22.8 Å². The van der Waals surface area contributed by atoms with Gasteiger partial charge in [0.1, 0.15) is 0 Å². The lowest BCUT2D eigenvalue weighted by atomic mass is 10.2. The molecule has 0 radical (unpaired) electrons. The number of hydrogen-bond donors (Lipinski definition) is 1. The summed E-state index contributed by atoms with van der Waals surface area (Å²) in [5.74, 6) is 1.84. The van der Waals surface area contributed by atoms with Crippen LogP contribution in [0.4, 0.5) is 0 Å². The van der Waals surface area contributed by atoms with E-state index in [-0.39, 0.29) is 0 Å². The highest BCUT2D eigenvalue weighted by atomic mass is 32.2. The maximum absolute atomic E-state index is 7.13. The highest BCUT2D eigenvalue weighted by Crippen LogP contribution is 2.16. The summed E-state index contributed by atoms with van der Waals surface area (Å²) in [7, 11) is 0. The van der Waals surface area contributed by atoms with Gasteiger partial charge in [-0.3, -0.25) is 0 Å². The quantitative estimate of drug-likeness (QED) is 0.553. The molecule has 1 fully saturated rings. The molecule has 1 N–H and O–H groups in total. The summed E-state index contributed by atoms with van der Waals surface area (Å²) in [6.45, 7) is 7.69. The van der Waals surface area contributed by atoms with Gasteiger partial charge < -0.3 is 5.41 Å². The molecular weight excluding hydrogens is 130 g/mol. The number of thioether (sulfide) groups is 1. The minimum absolute atomic E-state index is 0.727. The second kappa shape index (κ2) is 4.62. The number of hydrogen-bond acceptors (Lipinski definition) is 2. The van der Waals surface area contributed by atoms with Crippen molar-refractivity contribution in [3.8, 4) is 0 Å². The van der Waals surface area contributed by atoms with E-state index < -0.39 is 0 Å². The Labute approximate surface area is 61.0 Å². The topological polar surface area (TPSA) is 23.9 Å². The zero-order valence-corrected chi connectivity index (χ0v) is 6.85. The van der Waals surface area contributed by atoms with Crippen LogP contribution in [0.3, 0.4) is 0 Å². The summed E-state index contributed by atoms with van der Waals surface area (Å²) in [6.07, 6.45) is 0. The Morgan fingerprint density at radius 2 is 2.00 bits per heavy atom. The molecule has 1 aliphatic rings. The Kier molecular flexibility index (Phi) is 4.50. The van der Waals surface area contributed by atoms with Gasteiger partial charge in [0.2, 0.25) is 0 Å². The van der Waals surface area contributed by atoms with Crippen LogP contribution in [0.1, 0.15) is 13.8 Å². The fraction of sp³-hybridized carbons (Fsp3) is 0.571. The van der Waals surface area contributed by atoms with Gasteiger partial charge in [-0.15, -0.1) is 0 Å². The molecule has 0 aliphatic carbocycles. The Morgan fingerprint density at radius 1 is 1.44 bits per heavy atom. The SMILES string of the molecule is C=C1CSCC1=N.CC. The van der Waals surface area contributed by atoms with E-state index in [1.807, 2.05) is 13.8 Å². The molecule has 0 atom stereocenters. The molecule has 0 aromatic carbocycles. The van der Waals surface area contributed by atoms with Crippen LogP contribution in [0.25, 0.3) is 0 Å². The van der Waals surface area contributed by atoms with Crippen molar-refractivity contribution < 1.29 is 0 Å². The molecule has 1 nitrogen and oxygen atoms in total. The summed E-state index contributed by atoms with van der Waals surface area (Å²) < 4.78 is 0. The van der Waals surface area contributed by atoms with Gasteiger partial charge in [-0.2, -0.15) is 11.8 Å². The first-order valence-electron chi connectivity index (χ1n) is 3.14. The van der Waals surface area contributed by atoms with E-state index in [1.54, 1.807) is 11.8 Å². The van der Waals surface area contributed by atoms with Gasteiger partial charge >= 0.3 is 0 Å². The fourth-order valence-electron chi connectivity index (χ4n) is 0.465. The molecule has 52 valence electrons. The van der Waals surface area contributed by atoms with Crippen molar-refractivity contribution in [2.45, 2.75) is 13.8 Å². The third-order valence-corrected chi connectivity index (χ3v) is 1.99. The molecule has 1 saturated heterocycles. The predicted octanol–water partition coefficient (Wildman–Crippen LogP) is 2.34. The molecule has 1 rings (SSSR count). The lowest BCUT2D eigenvalue weighted by Crippen LogP contribution is -1.92. The van der Waals surface area contributed by atoms with Crippen LogP contribution in [0.5, 0.6) is 0 Å². The predicted molar refractivity (Wildman–Crippen MR) is 45.5 cm³/mol. The van der Waals surface area contributed by atoms with Crippen LogP contribution in [0, 0.1) is 5.41 Å². The smallest absolute Gasteiger partial charge is 0.0447 e. The van der Waals surface area contributed by atoms with Crippen molar-refractivity contribution in [1.82, 2.24) is 0 Å². The van der Waals surface area contributed by atoms with Gasteiger partial charge in [0.25, 0.3) is 0 Å². The molecular formula is C7H13NS. The summed E-state index contributed by atoms with van der Waals surface area (Å²) >= 11 is 1.77. The Balaban J connectivity index is 0.000000291. The maximum Gasteiger partial charge on any atom is 0.0447 e. The zero-order valence-electron chi connectivity index (χ0n) is 6.03. The second-order valence-electron chi connectivity index (χ2n) is 1.57. The molecule has 0 aromatic heterocycles. The third-order valence-electron chi connectivity index (χ3n) is 0.949. The molecule has 0 spiro atoms. The van der Waals surface area contributed by atoms with Crippen LogP contribution < -0.4 is 0 Å². The minimum atomic E-state index is 0.727. The summed E-state index contributed by atoms with van der Waals surface area (Å²) in [6, 6.07) is 0. The summed E-state index contributed by atoms with van der Waals surface area (Å²) in [5.41, 5.74) is 1.73. The summed E-state index contributed by atoms with van der Waals surface area (Å²) in [4.78, 5) is 0. The monoisotopic (exact) mass is 143 g/mol. The fourth-order valence-corrected chi connectivity index (χ4v) is 1.40. The highest BCUT2D eigenvalue weighted by molar-refractivity contribution is 8.00. The normalized spacial score (nSPS) is 17.1. The first kappa shape index (κ1) is 8.76. The average Bonchev–Trinajstić information content (AvgIpc) is 2.23. The lowest BCUT2D eigenvalue weighted by Gasteiger charge is -1.83. The van der Waals surface area contributed by atoms with Gasteiger partial charge in [0, 0.05) is 17.2 Å². The lowest BCUT2D eigenvalue weighted by molar-refractivity contribution is 1.47. The Bertz CT molecular complexity index is 104. The molecule has 0 amide bonds. The Hall–Kier alpha value is -0.240. The number of nitrogens with one attached hydrogen (secondary N) is 1. The molecule has 0 saturated carbocycles. The molecule has 2 heteroatoms. The highest BCUT2D eigenvalue weighted by Gasteiger charge is 2.09. The second-order valence-corrected chi connectivity index (χ2v) is 2.56. The molecule has 0 aromatic rings. The van der Waals surface area contributed by atoms with E-state index in [2.05, 4.69) is 6.58 Å². The first-order valence-corrected chi connectivity index (χ1v) is 4.29. The van der Waals surface area contributed by atoms with E-state index in [4.69, 9.17) is 5.41 Å². The van der Waals surface area contributed by atoms with Crippen LogP contribution in [0.15, 0.2) is 12.2 Å². The average molecular weight is 143 g/mol. The maximum atomic E-state index is 7.13. The van der Waals surface area contributed by atoms with E-state index in [0.29, 0.717) is 0 Å².